The topological polar surface area (TPSA) is 57.8 Å². The fourth-order valence-corrected chi connectivity index (χ4v) is 3.15. The molecule has 0 aliphatic rings. The molecule has 146 valence electrons. The molecule has 4 nitrogen and oxygen atoms in total. The molecule has 0 aliphatic carbocycles. The number of halogens is 2. The van der Waals surface area contributed by atoms with Crippen LogP contribution in [0.4, 0.5) is 8.78 Å². The van der Waals surface area contributed by atoms with Crippen molar-refractivity contribution in [2.45, 2.75) is 19.9 Å². The van der Waals surface area contributed by atoms with E-state index in [1.54, 1.807) is 12.1 Å². The number of nitrogens with one attached hydrogen (secondary N) is 2. The van der Waals surface area contributed by atoms with Crippen LogP contribution in [0.3, 0.4) is 0 Å². The van der Waals surface area contributed by atoms with Gasteiger partial charge in [0, 0.05) is 29.3 Å². The Morgan fingerprint density at radius 2 is 1.62 bits per heavy atom. The molecule has 4 rings (SSSR count). The van der Waals surface area contributed by atoms with Crippen LogP contribution in [0.5, 0.6) is 0 Å². The van der Waals surface area contributed by atoms with Crippen LogP contribution >= 0.6 is 0 Å². The average Bonchev–Trinajstić information content (AvgIpc) is 3.11. The van der Waals surface area contributed by atoms with Gasteiger partial charge < -0.3 is 10.3 Å². The van der Waals surface area contributed by atoms with Crippen LogP contribution in [-0.2, 0) is 0 Å². The summed E-state index contributed by atoms with van der Waals surface area (Å²) in [6, 6.07) is 17.2. The minimum Gasteiger partial charge on any atom is -0.350 e. The summed E-state index contributed by atoms with van der Waals surface area (Å²) in [5.74, 6) is -1.42. The van der Waals surface area contributed by atoms with Gasteiger partial charge in [0.1, 0.15) is 5.82 Å². The van der Waals surface area contributed by atoms with Crippen molar-refractivity contribution in [2.24, 2.45) is 0 Å². The number of H-pyrrole nitrogens is 1. The van der Waals surface area contributed by atoms with Crippen molar-refractivity contribution < 1.29 is 13.6 Å². The number of aromatic amines is 1. The van der Waals surface area contributed by atoms with Crippen molar-refractivity contribution in [2.75, 3.05) is 0 Å². The lowest BCUT2D eigenvalue weighted by Gasteiger charge is -2.09. The number of benzene rings is 3. The molecule has 0 atom stereocenters. The Balaban J connectivity index is 1.65. The van der Waals surface area contributed by atoms with Crippen molar-refractivity contribution in [1.82, 2.24) is 15.3 Å². The van der Waals surface area contributed by atoms with Gasteiger partial charge in [-0.05, 0) is 43.2 Å². The van der Waals surface area contributed by atoms with E-state index in [2.05, 4.69) is 15.3 Å². The molecule has 0 aliphatic heterocycles. The molecule has 0 bridgehead atoms. The summed E-state index contributed by atoms with van der Waals surface area (Å²) in [5.41, 5.74) is 4.08. The summed E-state index contributed by atoms with van der Waals surface area (Å²) >= 11 is 0. The predicted octanol–water partition coefficient (Wildman–Crippen LogP) is 5.31. The van der Waals surface area contributed by atoms with Crippen LogP contribution in [0.2, 0.25) is 0 Å². The Bertz CT molecular complexity index is 1160. The maximum atomic E-state index is 13.5. The summed E-state index contributed by atoms with van der Waals surface area (Å²) < 4.78 is 26.9. The third-order valence-corrected chi connectivity index (χ3v) is 4.56. The van der Waals surface area contributed by atoms with E-state index >= 15 is 0 Å². The summed E-state index contributed by atoms with van der Waals surface area (Å²) in [5, 5.41) is 2.86. The molecule has 0 radical (unpaired) electrons. The number of hydrogen-bond donors (Lipinski definition) is 2. The molecular formula is C23H19F2N3O. The molecule has 2 N–H and O–H groups in total. The third kappa shape index (κ3) is 3.87. The van der Waals surface area contributed by atoms with Gasteiger partial charge >= 0.3 is 0 Å². The van der Waals surface area contributed by atoms with Gasteiger partial charge in [0.15, 0.2) is 11.6 Å². The van der Waals surface area contributed by atoms with Crippen molar-refractivity contribution in [3.63, 3.8) is 0 Å². The zero-order chi connectivity index (χ0) is 20.5. The molecule has 1 heterocycles. The van der Waals surface area contributed by atoms with E-state index in [9.17, 15) is 13.6 Å². The van der Waals surface area contributed by atoms with Gasteiger partial charge in [-0.25, -0.2) is 13.8 Å². The zero-order valence-corrected chi connectivity index (χ0v) is 16.0. The minimum absolute atomic E-state index is 0.0737. The van der Waals surface area contributed by atoms with E-state index in [1.165, 1.54) is 0 Å². The molecule has 6 heteroatoms. The van der Waals surface area contributed by atoms with Gasteiger partial charge in [-0.1, -0.05) is 30.3 Å². The van der Waals surface area contributed by atoms with Gasteiger partial charge in [-0.3, -0.25) is 4.79 Å². The van der Waals surface area contributed by atoms with Gasteiger partial charge in [0.25, 0.3) is 5.91 Å². The maximum absolute atomic E-state index is 13.5. The highest BCUT2D eigenvalue weighted by molar-refractivity contribution is 5.94. The molecule has 1 amide bonds. The monoisotopic (exact) mass is 391 g/mol. The summed E-state index contributed by atoms with van der Waals surface area (Å²) in [7, 11) is 0. The molecular weight excluding hydrogens is 372 g/mol. The van der Waals surface area contributed by atoms with Gasteiger partial charge in [-0.15, -0.1) is 0 Å². The highest BCUT2D eigenvalue weighted by Gasteiger charge is 2.11. The molecule has 3 aromatic carbocycles. The predicted molar refractivity (Wildman–Crippen MR) is 109 cm³/mol. The lowest BCUT2D eigenvalue weighted by Crippen LogP contribution is -2.29. The molecule has 4 aromatic rings. The smallest absolute Gasteiger partial charge is 0.251 e. The minimum atomic E-state index is -0.925. The fraction of sp³-hybridized carbons (Fsp3) is 0.130. The highest BCUT2D eigenvalue weighted by atomic mass is 19.2. The number of rotatable bonds is 4. The lowest BCUT2D eigenvalue weighted by atomic mass is 10.0. The average molecular weight is 391 g/mol. The lowest BCUT2D eigenvalue weighted by molar-refractivity contribution is 0.0943. The molecule has 0 spiro atoms. The zero-order valence-electron chi connectivity index (χ0n) is 16.0. The highest BCUT2D eigenvalue weighted by Crippen LogP contribution is 2.27. The van der Waals surface area contributed by atoms with E-state index < -0.39 is 11.6 Å². The second-order valence-electron chi connectivity index (χ2n) is 7.16. The van der Waals surface area contributed by atoms with Crippen molar-refractivity contribution in [3.8, 4) is 22.5 Å². The van der Waals surface area contributed by atoms with Gasteiger partial charge in [0.2, 0.25) is 0 Å². The number of aromatic nitrogens is 2. The Hall–Kier alpha value is -3.54. The first kappa shape index (κ1) is 18.8. The first-order valence-electron chi connectivity index (χ1n) is 9.27. The normalized spacial score (nSPS) is 11.2. The molecule has 29 heavy (non-hydrogen) atoms. The van der Waals surface area contributed by atoms with E-state index in [-0.39, 0.29) is 11.9 Å². The summed E-state index contributed by atoms with van der Waals surface area (Å²) in [6.07, 6.45) is 0. The number of carbonyl (C=O) groups is 1. The van der Waals surface area contributed by atoms with Crippen LogP contribution in [0.15, 0.2) is 60.7 Å². The summed E-state index contributed by atoms with van der Waals surface area (Å²) in [4.78, 5) is 19.5. The number of hydrogen-bond acceptors (Lipinski definition) is 2. The standard InChI is InChI=1S/C23H19F2N3O/c1-13(2)26-23(29)15-8-6-14(7-9-15)16-4-3-5-17(10-16)22-27-20-11-18(24)19(25)12-21(20)28-22/h3-13H,1-2H3,(H,26,29)(H,27,28). The first-order valence-corrected chi connectivity index (χ1v) is 9.27. The van der Waals surface area contributed by atoms with E-state index in [0.717, 1.165) is 28.8 Å². The van der Waals surface area contributed by atoms with Crippen LogP contribution < -0.4 is 5.32 Å². The van der Waals surface area contributed by atoms with Gasteiger partial charge in [-0.2, -0.15) is 0 Å². The quantitative estimate of drug-likeness (QED) is 0.495. The van der Waals surface area contributed by atoms with Crippen molar-refractivity contribution in [1.29, 1.82) is 0 Å². The Morgan fingerprint density at radius 1 is 0.931 bits per heavy atom. The van der Waals surface area contributed by atoms with E-state index in [1.807, 2.05) is 50.2 Å². The van der Waals surface area contributed by atoms with Crippen LogP contribution in [0.25, 0.3) is 33.5 Å². The van der Waals surface area contributed by atoms with Crippen LogP contribution in [0.1, 0.15) is 24.2 Å². The number of carbonyl (C=O) groups excluding carboxylic acids is 1. The maximum Gasteiger partial charge on any atom is 0.251 e. The number of imidazole rings is 1. The van der Waals surface area contributed by atoms with Crippen molar-refractivity contribution in [3.05, 3.63) is 77.9 Å². The SMILES string of the molecule is CC(C)NC(=O)c1ccc(-c2cccc(-c3nc4cc(F)c(F)cc4[nH]3)c2)cc1. The number of fused-ring (bicyclic) bond motifs is 1. The largest absolute Gasteiger partial charge is 0.350 e. The Labute approximate surface area is 166 Å². The first-order chi connectivity index (χ1) is 13.9. The molecule has 0 saturated carbocycles. The molecule has 1 aromatic heterocycles. The molecule has 0 saturated heterocycles. The van der Waals surface area contributed by atoms with E-state index in [4.69, 9.17) is 0 Å². The second-order valence-corrected chi connectivity index (χ2v) is 7.16. The Morgan fingerprint density at radius 3 is 2.34 bits per heavy atom. The third-order valence-electron chi connectivity index (χ3n) is 4.56. The van der Waals surface area contributed by atoms with Crippen LogP contribution in [-0.4, -0.2) is 21.9 Å². The van der Waals surface area contributed by atoms with E-state index in [0.29, 0.717) is 22.4 Å². The molecule has 0 fully saturated rings. The number of amides is 1. The Kier molecular flexibility index (Phi) is 4.84. The van der Waals surface area contributed by atoms with Gasteiger partial charge in [0.05, 0.1) is 11.0 Å². The fourth-order valence-electron chi connectivity index (χ4n) is 3.15. The number of nitrogens with zero attached hydrogens (tertiary/aromatic N) is 1. The van der Waals surface area contributed by atoms with Crippen LogP contribution in [0, 0.1) is 11.6 Å². The molecule has 0 unspecified atom stereocenters. The van der Waals surface area contributed by atoms with Crippen molar-refractivity contribution >= 4 is 16.9 Å². The second kappa shape index (κ2) is 7.47. The summed E-state index contributed by atoms with van der Waals surface area (Å²) in [6.45, 7) is 3.83.